The average Bonchev–Trinajstić information content (AvgIpc) is 2.94. The molecule has 2 aliphatic rings. The summed E-state index contributed by atoms with van der Waals surface area (Å²) in [6.45, 7) is 3.31. The molecule has 2 aliphatic heterocycles. The number of hydrogen-bond donors (Lipinski definition) is 0. The molecule has 2 unspecified atom stereocenters. The van der Waals surface area contributed by atoms with E-state index in [-0.39, 0.29) is 30.3 Å². The number of halogens is 1. The van der Waals surface area contributed by atoms with E-state index < -0.39 is 0 Å². The molecule has 0 bridgehead atoms. The number of rotatable bonds is 6. The second-order valence-electron chi connectivity index (χ2n) is 8.07. The SMILES string of the molecule is COc1ccc(OC)c(CN2CCC3OCCN(Cc4ccccc4F)C(=O)C3C2)c1. The van der Waals surface area contributed by atoms with Crippen molar-refractivity contribution >= 4 is 5.91 Å². The first kappa shape index (κ1) is 21.6. The molecule has 0 spiro atoms. The summed E-state index contributed by atoms with van der Waals surface area (Å²) in [4.78, 5) is 17.4. The Labute approximate surface area is 182 Å². The number of ether oxygens (including phenoxy) is 3. The van der Waals surface area contributed by atoms with Gasteiger partial charge in [0.15, 0.2) is 0 Å². The monoisotopic (exact) mass is 428 g/mol. The number of benzene rings is 2. The second kappa shape index (κ2) is 9.66. The standard InChI is InChI=1S/C24H29FN2O4/c1-29-19-7-8-22(30-2)18(13-19)14-26-10-9-23-20(16-26)24(28)27(11-12-31-23)15-17-5-3-4-6-21(17)25/h3-8,13,20,23H,9-12,14-16H2,1-2H3. The lowest BCUT2D eigenvalue weighted by atomic mass is 9.92. The minimum atomic E-state index is -0.285. The van der Waals surface area contributed by atoms with Crippen LogP contribution in [-0.2, 0) is 22.6 Å². The lowest BCUT2D eigenvalue weighted by Crippen LogP contribution is -2.49. The molecule has 2 saturated heterocycles. The van der Waals surface area contributed by atoms with Crippen LogP contribution in [0.2, 0.25) is 0 Å². The Kier molecular flexibility index (Phi) is 6.73. The molecule has 2 aromatic rings. The van der Waals surface area contributed by atoms with Gasteiger partial charge in [0.05, 0.1) is 32.8 Å². The number of carbonyl (C=O) groups excluding carboxylic acids is 1. The summed E-state index contributed by atoms with van der Waals surface area (Å²) in [6, 6.07) is 12.4. The summed E-state index contributed by atoms with van der Waals surface area (Å²) >= 11 is 0. The van der Waals surface area contributed by atoms with Crippen LogP contribution in [0.5, 0.6) is 11.5 Å². The summed E-state index contributed by atoms with van der Waals surface area (Å²) in [7, 11) is 3.30. The molecule has 31 heavy (non-hydrogen) atoms. The number of carbonyl (C=O) groups is 1. The van der Waals surface area contributed by atoms with Crippen molar-refractivity contribution in [3.63, 3.8) is 0 Å². The van der Waals surface area contributed by atoms with Crippen LogP contribution in [0, 0.1) is 11.7 Å². The van der Waals surface area contributed by atoms with Gasteiger partial charge in [0.1, 0.15) is 17.3 Å². The molecule has 2 heterocycles. The van der Waals surface area contributed by atoms with Crippen LogP contribution in [0.3, 0.4) is 0 Å². The van der Waals surface area contributed by atoms with Gasteiger partial charge in [0, 0.05) is 43.9 Å². The number of piperidine rings is 1. The zero-order valence-electron chi connectivity index (χ0n) is 18.1. The molecule has 166 valence electrons. The molecule has 2 atom stereocenters. The maximum Gasteiger partial charge on any atom is 0.229 e. The van der Waals surface area contributed by atoms with Crippen molar-refractivity contribution in [2.75, 3.05) is 40.5 Å². The van der Waals surface area contributed by atoms with Crippen LogP contribution < -0.4 is 9.47 Å². The summed E-state index contributed by atoms with van der Waals surface area (Å²) in [5, 5.41) is 0. The maximum absolute atomic E-state index is 14.1. The number of methoxy groups -OCH3 is 2. The number of likely N-dealkylation sites (tertiary alicyclic amines) is 1. The molecule has 6 nitrogen and oxygen atoms in total. The van der Waals surface area contributed by atoms with Crippen LogP contribution in [0.1, 0.15) is 17.5 Å². The molecular weight excluding hydrogens is 399 g/mol. The molecule has 2 aromatic carbocycles. The van der Waals surface area contributed by atoms with Crippen LogP contribution in [-0.4, -0.2) is 62.3 Å². The molecule has 7 heteroatoms. The summed E-state index contributed by atoms with van der Waals surface area (Å²) < 4.78 is 31.0. The minimum absolute atomic E-state index is 0.0352. The summed E-state index contributed by atoms with van der Waals surface area (Å²) in [5.41, 5.74) is 1.55. The predicted octanol–water partition coefficient (Wildman–Crippen LogP) is 3.09. The Morgan fingerprint density at radius 2 is 1.90 bits per heavy atom. The van der Waals surface area contributed by atoms with Gasteiger partial charge in [-0.15, -0.1) is 0 Å². The molecule has 0 radical (unpaired) electrons. The van der Waals surface area contributed by atoms with E-state index in [1.807, 2.05) is 18.2 Å². The van der Waals surface area contributed by atoms with Gasteiger partial charge in [-0.25, -0.2) is 4.39 Å². The lowest BCUT2D eigenvalue weighted by Gasteiger charge is -2.37. The van der Waals surface area contributed by atoms with E-state index in [9.17, 15) is 9.18 Å². The zero-order chi connectivity index (χ0) is 21.8. The second-order valence-corrected chi connectivity index (χ2v) is 8.07. The van der Waals surface area contributed by atoms with E-state index in [2.05, 4.69) is 4.90 Å². The molecule has 2 fully saturated rings. The Morgan fingerprint density at radius 3 is 2.68 bits per heavy atom. The highest BCUT2D eigenvalue weighted by atomic mass is 19.1. The van der Waals surface area contributed by atoms with Crippen molar-refractivity contribution in [2.45, 2.75) is 25.6 Å². The number of hydrogen-bond acceptors (Lipinski definition) is 5. The van der Waals surface area contributed by atoms with Gasteiger partial charge < -0.3 is 19.1 Å². The summed E-state index contributed by atoms with van der Waals surface area (Å²) in [5.74, 6) is 1.06. The molecule has 4 rings (SSSR count). The largest absolute Gasteiger partial charge is 0.497 e. The van der Waals surface area contributed by atoms with Gasteiger partial charge in [0.25, 0.3) is 0 Å². The Morgan fingerprint density at radius 1 is 1.06 bits per heavy atom. The fraction of sp³-hybridized carbons (Fsp3) is 0.458. The lowest BCUT2D eigenvalue weighted by molar-refractivity contribution is -0.140. The normalized spacial score (nSPS) is 22.0. The van der Waals surface area contributed by atoms with Crippen LogP contribution in [0.25, 0.3) is 0 Å². The van der Waals surface area contributed by atoms with Gasteiger partial charge in [-0.2, -0.15) is 0 Å². The Balaban J connectivity index is 1.48. The first-order valence-corrected chi connectivity index (χ1v) is 10.7. The molecular formula is C24H29FN2O4. The minimum Gasteiger partial charge on any atom is -0.497 e. The Hall–Kier alpha value is -2.64. The molecule has 0 N–H and O–H groups in total. The highest BCUT2D eigenvalue weighted by Crippen LogP contribution is 2.30. The van der Waals surface area contributed by atoms with E-state index in [4.69, 9.17) is 14.2 Å². The van der Waals surface area contributed by atoms with Gasteiger partial charge in [-0.05, 0) is 30.7 Å². The van der Waals surface area contributed by atoms with E-state index in [0.29, 0.717) is 31.8 Å². The van der Waals surface area contributed by atoms with Gasteiger partial charge in [-0.3, -0.25) is 9.69 Å². The first-order chi connectivity index (χ1) is 15.1. The van der Waals surface area contributed by atoms with Crippen molar-refractivity contribution in [3.8, 4) is 11.5 Å². The van der Waals surface area contributed by atoms with Crippen molar-refractivity contribution in [2.24, 2.45) is 5.92 Å². The molecule has 0 aliphatic carbocycles. The van der Waals surface area contributed by atoms with Gasteiger partial charge in [-0.1, -0.05) is 18.2 Å². The predicted molar refractivity (Wildman–Crippen MR) is 114 cm³/mol. The number of nitrogens with zero attached hydrogens (tertiary/aromatic N) is 2. The van der Waals surface area contributed by atoms with E-state index in [1.54, 1.807) is 37.3 Å². The highest BCUT2D eigenvalue weighted by Gasteiger charge is 2.39. The van der Waals surface area contributed by atoms with Crippen molar-refractivity contribution in [1.29, 1.82) is 0 Å². The fourth-order valence-electron chi connectivity index (χ4n) is 4.47. The van der Waals surface area contributed by atoms with Crippen LogP contribution in [0.4, 0.5) is 4.39 Å². The van der Waals surface area contributed by atoms with E-state index in [0.717, 1.165) is 30.0 Å². The third kappa shape index (κ3) is 4.83. The molecule has 0 aromatic heterocycles. The van der Waals surface area contributed by atoms with Crippen molar-refractivity contribution in [3.05, 3.63) is 59.4 Å². The van der Waals surface area contributed by atoms with Gasteiger partial charge >= 0.3 is 0 Å². The van der Waals surface area contributed by atoms with Crippen molar-refractivity contribution < 1.29 is 23.4 Å². The highest BCUT2D eigenvalue weighted by molar-refractivity contribution is 5.80. The molecule has 1 amide bonds. The topological polar surface area (TPSA) is 51.2 Å². The van der Waals surface area contributed by atoms with Crippen LogP contribution in [0.15, 0.2) is 42.5 Å². The quantitative estimate of drug-likeness (QED) is 0.708. The first-order valence-electron chi connectivity index (χ1n) is 10.7. The summed E-state index contributed by atoms with van der Waals surface area (Å²) in [6.07, 6.45) is 0.692. The van der Waals surface area contributed by atoms with E-state index >= 15 is 0 Å². The third-order valence-corrected chi connectivity index (χ3v) is 6.16. The smallest absolute Gasteiger partial charge is 0.229 e. The fourth-order valence-corrected chi connectivity index (χ4v) is 4.47. The zero-order valence-corrected chi connectivity index (χ0v) is 18.1. The molecule has 0 saturated carbocycles. The third-order valence-electron chi connectivity index (χ3n) is 6.16. The average molecular weight is 429 g/mol. The van der Waals surface area contributed by atoms with Crippen LogP contribution >= 0.6 is 0 Å². The Bertz CT molecular complexity index is 922. The van der Waals surface area contributed by atoms with Gasteiger partial charge in [0.2, 0.25) is 5.91 Å². The number of fused-ring (bicyclic) bond motifs is 1. The van der Waals surface area contributed by atoms with E-state index in [1.165, 1.54) is 6.07 Å². The van der Waals surface area contributed by atoms with Crippen molar-refractivity contribution in [1.82, 2.24) is 9.80 Å². The number of amides is 1. The maximum atomic E-state index is 14.1.